The summed E-state index contributed by atoms with van der Waals surface area (Å²) in [6.07, 6.45) is 11.4. The van der Waals surface area contributed by atoms with Crippen LogP contribution in [-0.2, 0) is 6.42 Å². The van der Waals surface area contributed by atoms with Crippen molar-refractivity contribution in [1.82, 2.24) is 30.2 Å². The summed E-state index contributed by atoms with van der Waals surface area (Å²) in [4.78, 5) is 13.3. The van der Waals surface area contributed by atoms with E-state index in [9.17, 15) is 0 Å². The molecule has 0 radical (unpaired) electrons. The molecule has 0 aliphatic heterocycles. The maximum absolute atomic E-state index is 6.25. The minimum absolute atomic E-state index is 0.442. The number of aromatic nitrogens is 4. The molecule has 34 heavy (non-hydrogen) atoms. The van der Waals surface area contributed by atoms with E-state index >= 15 is 0 Å². The summed E-state index contributed by atoms with van der Waals surface area (Å²) in [5, 5.41) is 11.1. The first-order valence-corrected chi connectivity index (χ1v) is 13.1. The van der Waals surface area contributed by atoms with Gasteiger partial charge in [-0.15, -0.1) is 11.3 Å². The summed E-state index contributed by atoms with van der Waals surface area (Å²) >= 11 is 1.62. The van der Waals surface area contributed by atoms with Crippen molar-refractivity contribution in [1.29, 1.82) is 0 Å². The number of anilines is 1. The van der Waals surface area contributed by atoms with Crippen molar-refractivity contribution in [2.45, 2.75) is 38.1 Å². The highest BCUT2D eigenvalue weighted by Crippen LogP contribution is 2.40. The van der Waals surface area contributed by atoms with Crippen LogP contribution in [0.5, 0.6) is 0 Å². The van der Waals surface area contributed by atoms with Gasteiger partial charge < -0.3 is 20.9 Å². The van der Waals surface area contributed by atoms with Crippen LogP contribution in [-0.4, -0.2) is 45.7 Å². The van der Waals surface area contributed by atoms with Crippen molar-refractivity contribution in [3.8, 4) is 10.6 Å². The van der Waals surface area contributed by atoms with Gasteiger partial charge in [-0.05, 0) is 69.8 Å². The number of hydrogen-bond donors (Lipinski definition) is 3. The van der Waals surface area contributed by atoms with Crippen molar-refractivity contribution < 1.29 is 0 Å². The molecule has 1 fully saturated rings. The fraction of sp³-hybridized carbons (Fsp3) is 0.423. The Balaban J connectivity index is 1.08. The molecule has 0 bridgehead atoms. The summed E-state index contributed by atoms with van der Waals surface area (Å²) in [7, 11) is 0. The third kappa shape index (κ3) is 5.29. The molecule has 0 spiro atoms. The lowest BCUT2D eigenvalue weighted by Gasteiger charge is -2.15. The fourth-order valence-corrected chi connectivity index (χ4v) is 5.69. The van der Waals surface area contributed by atoms with E-state index in [1.165, 1.54) is 18.4 Å². The molecule has 1 aromatic carbocycles. The van der Waals surface area contributed by atoms with Gasteiger partial charge in [0.05, 0.1) is 5.39 Å². The molecule has 0 saturated heterocycles. The van der Waals surface area contributed by atoms with Gasteiger partial charge in [-0.2, -0.15) is 0 Å². The molecule has 1 aliphatic carbocycles. The van der Waals surface area contributed by atoms with Crippen molar-refractivity contribution in [3.05, 3.63) is 60.0 Å². The van der Waals surface area contributed by atoms with Crippen LogP contribution < -0.4 is 16.4 Å². The lowest BCUT2D eigenvalue weighted by molar-refractivity contribution is 0.452. The van der Waals surface area contributed by atoms with E-state index in [1.807, 2.05) is 11.6 Å². The van der Waals surface area contributed by atoms with E-state index in [1.54, 1.807) is 17.7 Å². The van der Waals surface area contributed by atoms with E-state index in [0.717, 1.165) is 67.0 Å². The van der Waals surface area contributed by atoms with Crippen molar-refractivity contribution in [2.24, 2.45) is 5.92 Å². The van der Waals surface area contributed by atoms with Crippen LogP contribution in [0.3, 0.4) is 0 Å². The number of nitrogen functional groups attached to an aromatic ring is 1. The quantitative estimate of drug-likeness (QED) is 0.280. The van der Waals surface area contributed by atoms with Gasteiger partial charge in [-0.3, -0.25) is 0 Å². The zero-order valence-corrected chi connectivity index (χ0v) is 20.3. The number of nitrogens with two attached hydrogens (primary N) is 1. The molecule has 2 atom stereocenters. The second-order valence-corrected chi connectivity index (χ2v) is 10.0. The normalized spacial score (nSPS) is 18.1. The summed E-state index contributed by atoms with van der Waals surface area (Å²) in [5.41, 5.74) is 9.62. The van der Waals surface area contributed by atoms with Crippen LogP contribution in [0.25, 0.3) is 21.6 Å². The lowest BCUT2D eigenvalue weighted by atomic mass is 10.1. The maximum Gasteiger partial charge on any atom is 0.146 e. The molecule has 8 heteroatoms. The Morgan fingerprint density at radius 2 is 1.91 bits per heavy atom. The minimum atomic E-state index is 0.442. The number of nitrogens with one attached hydrogen (secondary N) is 2. The van der Waals surface area contributed by atoms with Crippen LogP contribution in [0.4, 0.5) is 5.82 Å². The van der Waals surface area contributed by atoms with Crippen LogP contribution in [0.2, 0.25) is 0 Å². The van der Waals surface area contributed by atoms with Gasteiger partial charge in [0.25, 0.3) is 0 Å². The van der Waals surface area contributed by atoms with E-state index in [2.05, 4.69) is 66.7 Å². The maximum atomic E-state index is 6.25. The molecule has 1 aliphatic rings. The SMILES string of the molecule is Nc1ncnc2c1c(-c1nccs1)cn2C1CCC(CNCCCNCCc2ccccc2)C1. The number of hydrogen-bond acceptors (Lipinski definition) is 7. The van der Waals surface area contributed by atoms with Crippen LogP contribution in [0.1, 0.15) is 37.3 Å². The Morgan fingerprint density at radius 3 is 2.76 bits per heavy atom. The predicted molar refractivity (Wildman–Crippen MR) is 140 cm³/mol. The van der Waals surface area contributed by atoms with E-state index in [4.69, 9.17) is 5.73 Å². The average molecular weight is 476 g/mol. The second kappa shape index (κ2) is 11.1. The predicted octanol–water partition coefficient (Wildman–Crippen LogP) is 4.29. The first-order valence-electron chi connectivity index (χ1n) is 12.3. The Morgan fingerprint density at radius 1 is 1.03 bits per heavy atom. The van der Waals surface area contributed by atoms with Crippen LogP contribution >= 0.6 is 11.3 Å². The number of thiazole rings is 1. The van der Waals surface area contributed by atoms with E-state index in [-0.39, 0.29) is 0 Å². The van der Waals surface area contributed by atoms with Crippen molar-refractivity contribution in [3.63, 3.8) is 0 Å². The van der Waals surface area contributed by atoms with Crippen molar-refractivity contribution in [2.75, 3.05) is 31.9 Å². The first-order chi connectivity index (χ1) is 16.8. The zero-order chi connectivity index (χ0) is 23.2. The Kier molecular flexibility index (Phi) is 7.48. The number of nitrogens with zero attached hydrogens (tertiary/aromatic N) is 4. The Labute approximate surface area is 204 Å². The van der Waals surface area contributed by atoms with E-state index < -0.39 is 0 Å². The van der Waals surface area contributed by atoms with Crippen LogP contribution in [0.15, 0.2) is 54.4 Å². The number of benzene rings is 1. The molecular weight excluding hydrogens is 442 g/mol. The summed E-state index contributed by atoms with van der Waals surface area (Å²) in [6.45, 7) is 4.24. The highest BCUT2D eigenvalue weighted by Gasteiger charge is 2.28. The average Bonchev–Trinajstić information content (AvgIpc) is 3.61. The van der Waals surface area contributed by atoms with Gasteiger partial charge >= 0.3 is 0 Å². The summed E-state index contributed by atoms with van der Waals surface area (Å²) in [5.74, 6) is 1.22. The molecule has 3 aromatic heterocycles. The third-order valence-electron chi connectivity index (χ3n) is 6.78. The number of rotatable bonds is 11. The summed E-state index contributed by atoms with van der Waals surface area (Å²) in [6, 6.07) is 11.1. The van der Waals surface area contributed by atoms with Gasteiger partial charge in [-0.1, -0.05) is 30.3 Å². The number of fused-ring (bicyclic) bond motifs is 1. The standard InChI is InChI=1S/C26H33N7S/c27-24-23-22(26-30-13-14-34-26)17-33(25(23)32-18-31-24)21-8-7-20(15-21)16-29-11-4-10-28-12-9-19-5-2-1-3-6-19/h1-3,5-6,13-14,17-18,20-21,28-29H,4,7-12,15-16H2,(H2,27,31,32). The zero-order valence-electron chi connectivity index (χ0n) is 19.5. The first kappa shape index (κ1) is 23.0. The minimum Gasteiger partial charge on any atom is -0.383 e. The topological polar surface area (TPSA) is 93.7 Å². The molecule has 5 rings (SSSR count). The van der Waals surface area contributed by atoms with Gasteiger partial charge in [0.2, 0.25) is 0 Å². The largest absolute Gasteiger partial charge is 0.383 e. The van der Waals surface area contributed by atoms with Gasteiger partial charge in [0, 0.05) is 29.4 Å². The van der Waals surface area contributed by atoms with Crippen molar-refractivity contribution >= 4 is 28.2 Å². The van der Waals surface area contributed by atoms with E-state index in [0.29, 0.717) is 17.8 Å². The van der Waals surface area contributed by atoms with Crippen LogP contribution in [0, 0.1) is 5.92 Å². The molecule has 4 N–H and O–H groups in total. The Bertz CT molecular complexity index is 1170. The Hall–Kier alpha value is -2.81. The van der Waals surface area contributed by atoms with Gasteiger partial charge in [0.1, 0.15) is 22.8 Å². The molecule has 2 unspecified atom stereocenters. The highest BCUT2D eigenvalue weighted by molar-refractivity contribution is 7.13. The molecule has 0 amide bonds. The molecule has 178 valence electrons. The molecule has 4 aromatic rings. The molecule has 1 saturated carbocycles. The fourth-order valence-electron chi connectivity index (χ4n) is 5.04. The van der Waals surface area contributed by atoms with Gasteiger partial charge in [-0.25, -0.2) is 15.0 Å². The molecular formula is C26H33N7S. The summed E-state index contributed by atoms with van der Waals surface area (Å²) < 4.78 is 2.32. The molecule has 7 nitrogen and oxygen atoms in total. The smallest absolute Gasteiger partial charge is 0.146 e. The highest BCUT2D eigenvalue weighted by atomic mass is 32.1. The third-order valence-corrected chi connectivity index (χ3v) is 7.59. The molecule has 3 heterocycles. The second-order valence-electron chi connectivity index (χ2n) is 9.12. The lowest BCUT2D eigenvalue weighted by Crippen LogP contribution is -2.26. The van der Waals surface area contributed by atoms with Gasteiger partial charge in [0.15, 0.2) is 0 Å². The monoisotopic (exact) mass is 475 g/mol.